The lowest BCUT2D eigenvalue weighted by Crippen LogP contribution is -2.62. The summed E-state index contributed by atoms with van der Waals surface area (Å²) in [6.07, 6.45) is -4.18. The number of carbonyl (C=O) groups excluding carboxylic acids is 4. The van der Waals surface area contributed by atoms with Gasteiger partial charge in [-0.3, -0.25) is 19.2 Å². The lowest BCUT2D eigenvalue weighted by atomic mass is 9.93. The van der Waals surface area contributed by atoms with E-state index in [0.29, 0.717) is 6.42 Å². The molecule has 0 saturated carbocycles. The summed E-state index contributed by atoms with van der Waals surface area (Å²) >= 11 is 0. The van der Waals surface area contributed by atoms with Gasteiger partial charge in [-0.05, 0) is 6.42 Å². The highest BCUT2D eigenvalue weighted by Gasteiger charge is 2.51. The van der Waals surface area contributed by atoms with Crippen molar-refractivity contribution in [2.45, 2.75) is 71.6 Å². The van der Waals surface area contributed by atoms with Crippen molar-refractivity contribution in [2.24, 2.45) is 0 Å². The van der Waals surface area contributed by atoms with Gasteiger partial charge < -0.3 is 23.7 Å². The van der Waals surface area contributed by atoms with Crippen LogP contribution in [0.4, 0.5) is 0 Å². The van der Waals surface area contributed by atoms with Crippen LogP contribution in [0.15, 0.2) is 0 Å². The minimum atomic E-state index is -1.09. The Balaban J connectivity index is 3.18. The van der Waals surface area contributed by atoms with E-state index in [1.807, 2.05) is 0 Å². The molecule has 1 rings (SSSR count). The maximum atomic E-state index is 11.5. The monoisotopic (exact) mass is 360 g/mol. The maximum absolute atomic E-state index is 11.5. The van der Waals surface area contributed by atoms with Gasteiger partial charge in [0.05, 0.1) is 6.10 Å². The molecule has 1 fully saturated rings. The maximum Gasteiger partial charge on any atom is 0.303 e. The predicted octanol–water partition coefficient (Wildman–Crippen LogP) is 0.522. The molecule has 0 aliphatic carbocycles. The second kappa shape index (κ2) is 9.36. The van der Waals surface area contributed by atoms with Crippen molar-refractivity contribution < 1.29 is 42.9 Å². The van der Waals surface area contributed by atoms with Crippen LogP contribution in [-0.2, 0) is 42.9 Å². The average molecular weight is 360 g/mol. The molecule has 0 aromatic heterocycles. The molecule has 9 nitrogen and oxygen atoms in total. The minimum Gasteiger partial charge on any atom is -0.463 e. The van der Waals surface area contributed by atoms with E-state index in [-0.39, 0.29) is 6.61 Å². The molecule has 0 N–H and O–H groups in total. The topological polar surface area (TPSA) is 114 Å². The molecule has 1 saturated heterocycles. The molecule has 9 heteroatoms. The van der Waals surface area contributed by atoms with Crippen LogP contribution in [0.5, 0.6) is 0 Å². The van der Waals surface area contributed by atoms with E-state index >= 15 is 0 Å². The molecule has 3 unspecified atom stereocenters. The van der Waals surface area contributed by atoms with Crippen LogP contribution in [0.2, 0.25) is 0 Å². The zero-order valence-electron chi connectivity index (χ0n) is 15.0. The SMILES string of the molecule is CC[C@@H]1OC(COC(C)=O)[C@H](OC(C)=O)C(OC(C)=O)C1OC(C)=O. The van der Waals surface area contributed by atoms with E-state index in [0.717, 1.165) is 0 Å². The Labute approximate surface area is 145 Å². The zero-order valence-corrected chi connectivity index (χ0v) is 15.0. The Kier molecular flexibility index (Phi) is 7.82. The smallest absolute Gasteiger partial charge is 0.303 e. The Morgan fingerprint density at radius 2 is 1.16 bits per heavy atom. The van der Waals surface area contributed by atoms with Crippen molar-refractivity contribution in [3.63, 3.8) is 0 Å². The van der Waals surface area contributed by atoms with Gasteiger partial charge in [-0.2, -0.15) is 0 Å². The van der Waals surface area contributed by atoms with Gasteiger partial charge >= 0.3 is 23.9 Å². The van der Waals surface area contributed by atoms with Gasteiger partial charge in [0, 0.05) is 27.7 Å². The third-order valence-electron chi connectivity index (χ3n) is 3.49. The fourth-order valence-corrected chi connectivity index (χ4v) is 2.65. The molecule has 25 heavy (non-hydrogen) atoms. The van der Waals surface area contributed by atoms with E-state index in [9.17, 15) is 19.2 Å². The van der Waals surface area contributed by atoms with Crippen molar-refractivity contribution in [1.82, 2.24) is 0 Å². The first-order valence-electron chi connectivity index (χ1n) is 7.96. The number of rotatable bonds is 6. The van der Waals surface area contributed by atoms with Crippen LogP contribution in [0.3, 0.4) is 0 Å². The molecular weight excluding hydrogens is 336 g/mol. The van der Waals surface area contributed by atoms with Crippen LogP contribution in [0.1, 0.15) is 41.0 Å². The van der Waals surface area contributed by atoms with Gasteiger partial charge in [0.1, 0.15) is 12.7 Å². The second-order valence-electron chi connectivity index (χ2n) is 5.65. The van der Waals surface area contributed by atoms with Crippen molar-refractivity contribution in [3.8, 4) is 0 Å². The van der Waals surface area contributed by atoms with Gasteiger partial charge in [-0.25, -0.2) is 0 Å². The first-order chi connectivity index (χ1) is 11.6. The largest absolute Gasteiger partial charge is 0.463 e. The third-order valence-corrected chi connectivity index (χ3v) is 3.49. The van der Waals surface area contributed by atoms with E-state index < -0.39 is 54.4 Å². The third kappa shape index (κ3) is 6.33. The molecule has 1 heterocycles. The molecule has 1 aliphatic rings. The standard InChI is InChI=1S/C16H24O9/c1-6-12-14(22-9(3)18)16(24-11(5)20)15(23-10(4)19)13(25-12)7-21-8(2)17/h12-16H,6-7H2,1-5H3/t12-,13?,14?,15-,16?/m0/s1. The van der Waals surface area contributed by atoms with Gasteiger partial charge in [0.2, 0.25) is 0 Å². The molecule has 0 aromatic carbocycles. The predicted molar refractivity (Wildman–Crippen MR) is 82.2 cm³/mol. The fraction of sp³-hybridized carbons (Fsp3) is 0.750. The van der Waals surface area contributed by atoms with Crippen LogP contribution in [-0.4, -0.2) is 61.0 Å². The highest BCUT2D eigenvalue weighted by molar-refractivity contribution is 5.68. The number of ether oxygens (including phenoxy) is 5. The van der Waals surface area contributed by atoms with E-state index in [1.165, 1.54) is 27.7 Å². The number of hydrogen-bond donors (Lipinski definition) is 0. The van der Waals surface area contributed by atoms with E-state index in [2.05, 4.69) is 0 Å². The van der Waals surface area contributed by atoms with Gasteiger partial charge in [-0.1, -0.05) is 6.92 Å². The number of carbonyl (C=O) groups is 4. The first-order valence-corrected chi connectivity index (χ1v) is 7.96. The van der Waals surface area contributed by atoms with Crippen molar-refractivity contribution in [1.29, 1.82) is 0 Å². The van der Waals surface area contributed by atoms with Crippen molar-refractivity contribution in [3.05, 3.63) is 0 Å². The normalized spacial score (nSPS) is 28.6. The highest BCUT2D eigenvalue weighted by Crippen LogP contribution is 2.30. The molecule has 0 bridgehead atoms. The van der Waals surface area contributed by atoms with Crippen LogP contribution in [0, 0.1) is 0 Å². The summed E-state index contributed by atoms with van der Waals surface area (Å²) < 4.78 is 26.5. The second-order valence-corrected chi connectivity index (χ2v) is 5.65. The molecule has 0 aromatic rings. The molecule has 0 radical (unpaired) electrons. The Bertz CT molecular complexity index is 516. The highest BCUT2D eigenvalue weighted by atomic mass is 16.7. The summed E-state index contributed by atoms with van der Waals surface area (Å²) in [6, 6.07) is 0. The van der Waals surface area contributed by atoms with Crippen LogP contribution in [0.25, 0.3) is 0 Å². The van der Waals surface area contributed by atoms with Crippen LogP contribution < -0.4 is 0 Å². The Morgan fingerprint density at radius 1 is 0.720 bits per heavy atom. The van der Waals surface area contributed by atoms with Gasteiger partial charge in [-0.15, -0.1) is 0 Å². The van der Waals surface area contributed by atoms with E-state index in [1.54, 1.807) is 6.92 Å². The molecule has 142 valence electrons. The lowest BCUT2D eigenvalue weighted by Gasteiger charge is -2.44. The first kappa shape index (κ1) is 20.9. The number of hydrogen-bond acceptors (Lipinski definition) is 9. The lowest BCUT2D eigenvalue weighted by molar-refractivity contribution is -0.252. The summed E-state index contributed by atoms with van der Waals surface area (Å²) in [5, 5.41) is 0. The van der Waals surface area contributed by atoms with Crippen molar-refractivity contribution in [2.75, 3.05) is 6.61 Å². The Hall–Kier alpha value is -2.16. The van der Waals surface area contributed by atoms with Crippen LogP contribution >= 0.6 is 0 Å². The molecule has 5 atom stereocenters. The van der Waals surface area contributed by atoms with E-state index in [4.69, 9.17) is 23.7 Å². The summed E-state index contributed by atoms with van der Waals surface area (Å²) in [5.74, 6) is -2.41. The average Bonchev–Trinajstić information content (AvgIpc) is 2.48. The summed E-state index contributed by atoms with van der Waals surface area (Å²) in [5.41, 5.74) is 0. The van der Waals surface area contributed by atoms with Gasteiger partial charge in [0.15, 0.2) is 18.3 Å². The molecule has 0 amide bonds. The fourth-order valence-electron chi connectivity index (χ4n) is 2.65. The Morgan fingerprint density at radius 3 is 1.56 bits per heavy atom. The number of esters is 4. The quantitative estimate of drug-likeness (QED) is 0.494. The van der Waals surface area contributed by atoms with Crippen molar-refractivity contribution >= 4 is 23.9 Å². The molecule has 0 spiro atoms. The van der Waals surface area contributed by atoms with Gasteiger partial charge in [0.25, 0.3) is 0 Å². The molecular formula is C16H24O9. The minimum absolute atomic E-state index is 0.200. The summed E-state index contributed by atoms with van der Waals surface area (Å²) in [4.78, 5) is 45.5. The summed E-state index contributed by atoms with van der Waals surface area (Å²) in [6.45, 7) is 6.40. The molecule has 1 aliphatic heterocycles. The zero-order chi connectivity index (χ0) is 19.1. The summed E-state index contributed by atoms with van der Waals surface area (Å²) in [7, 11) is 0.